The molecule has 5 heteroatoms. The minimum absolute atomic E-state index is 0.280. The smallest absolute Gasteiger partial charge is 0.338 e. The van der Waals surface area contributed by atoms with E-state index in [0.29, 0.717) is 35.0 Å². The highest BCUT2D eigenvalue weighted by atomic mass is 16.5. The van der Waals surface area contributed by atoms with Crippen LogP contribution in [0.1, 0.15) is 34.6 Å². The highest BCUT2D eigenvalue weighted by Gasteiger charge is 2.21. The van der Waals surface area contributed by atoms with Gasteiger partial charge in [0, 0.05) is 5.56 Å². The Hall–Kier alpha value is -3.60. The lowest BCUT2D eigenvalue weighted by Gasteiger charge is -2.13. The first kappa shape index (κ1) is 20.1. The van der Waals surface area contributed by atoms with E-state index in [0.717, 1.165) is 0 Å². The maximum absolute atomic E-state index is 12.5. The van der Waals surface area contributed by atoms with Crippen molar-refractivity contribution < 1.29 is 23.8 Å². The highest BCUT2D eigenvalue weighted by molar-refractivity contribution is 6.01. The molecule has 3 rings (SSSR count). The van der Waals surface area contributed by atoms with Crippen molar-refractivity contribution in [3.63, 3.8) is 0 Å². The average Bonchev–Trinajstić information content (AvgIpc) is 2.75. The van der Waals surface area contributed by atoms with Crippen LogP contribution < -0.4 is 9.47 Å². The lowest BCUT2D eigenvalue weighted by molar-refractivity contribution is 0.0318. The van der Waals surface area contributed by atoms with Crippen LogP contribution in [0.25, 0.3) is 0 Å². The molecule has 0 spiro atoms. The number of Topliss-reactive ketones (excluding diaryl/α,β-unsaturated/α-hetero) is 1. The van der Waals surface area contributed by atoms with Gasteiger partial charge in [0.15, 0.2) is 6.10 Å². The molecule has 0 N–H and O–H groups in total. The van der Waals surface area contributed by atoms with Gasteiger partial charge >= 0.3 is 5.97 Å². The van der Waals surface area contributed by atoms with Gasteiger partial charge in [0.25, 0.3) is 0 Å². The quantitative estimate of drug-likeness (QED) is 0.385. The van der Waals surface area contributed by atoms with Crippen LogP contribution >= 0.6 is 0 Å². The van der Waals surface area contributed by atoms with E-state index in [2.05, 4.69) is 0 Å². The first-order valence-electron chi connectivity index (χ1n) is 9.38. The van der Waals surface area contributed by atoms with Gasteiger partial charge in [-0.25, -0.2) is 4.79 Å². The molecule has 0 aliphatic carbocycles. The van der Waals surface area contributed by atoms with Crippen molar-refractivity contribution in [3.8, 4) is 17.2 Å². The highest BCUT2D eigenvalue weighted by Crippen LogP contribution is 2.22. The lowest BCUT2D eigenvalue weighted by atomic mass is 10.1. The Morgan fingerprint density at radius 2 is 1.48 bits per heavy atom. The number of ether oxygens (including phenoxy) is 3. The normalized spacial score (nSPS) is 11.4. The van der Waals surface area contributed by atoms with E-state index in [1.54, 1.807) is 55.5 Å². The Kier molecular flexibility index (Phi) is 6.63. The van der Waals surface area contributed by atoms with Gasteiger partial charge in [0.1, 0.15) is 17.2 Å². The summed E-state index contributed by atoms with van der Waals surface area (Å²) in [6.45, 7) is 4.00. The Balaban J connectivity index is 1.64. The summed E-state index contributed by atoms with van der Waals surface area (Å²) in [5, 5.41) is 0. The number of carbonyl (C=O) groups is 2. The number of benzene rings is 3. The van der Waals surface area contributed by atoms with E-state index >= 15 is 0 Å². The molecule has 0 aliphatic heterocycles. The molecule has 5 nitrogen and oxygen atoms in total. The van der Waals surface area contributed by atoms with Crippen molar-refractivity contribution in [1.82, 2.24) is 0 Å². The van der Waals surface area contributed by atoms with E-state index in [1.165, 1.54) is 0 Å². The van der Waals surface area contributed by atoms with Crippen molar-refractivity contribution >= 4 is 11.8 Å². The first-order chi connectivity index (χ1) is 14.1. The van der Waals surface area contributed by atoms with Crippen LogP contribution in [-0.4, -0.2) is 24.5 Å². The number of esters is 1. The third kappa shape index (κ3) is 5.45. The van der Waals surface area contributed by atoms with Crippen LogP contribution in [0, 0.1) is 0 Å². The van der Waals surface area contributed by atoms with Gasteiger partial charge in [-0.3, -0.25) is 4.79 Å². The molecule has 0 heterocycles. The Morgan fingerprint density at radius 1 is 0.793 bits per heavy atom. The van der Waals surface area contributed by atoms with Crippen LogP contribution in [0.2, 0.25) is 0 Å². The zero-order valence-electron chi connectivity index (χ0n) is 16.3. The molecule has 3 aromatic carbocycles. The zero-order chi connectivity index (χ0) is 20.6. The van der Waals surface area contributed by atoms with Gasteiger partial charge in [-0.05, 0) is 68.4 Å². The number of carbonyl (C=O) groups excluding carboxylic acids is 2. The van der Waals surface area contributed by atoms with Crippen molar-refractivity contribution in [2.45, 2.75) is 20.0 Å². The standard InChI is InChI=1S/C24H22O5/c1-3-27-20-14-12-18(13-15-20)23(25)17(2)28-24(26)19-8-7-11-22(16-19)29-21-9-5-4-6-10-21/h4-17H,3H2,1-2H3/t17-/m1/s1. The van der Waals surface area contributed by atoms with E-state index in [-0.39, 0.29) is 5.78 Å². The number of para-hydroxylation sites is 1. The first-order valence-corrected chi connectivity index (χ1v) is 9.38. The van der Waals surface area contributed by atoms with Crippen LogP contribution in [0.15, 0.2) is 78.9 Å². The zero-order valence-corrected chi connectivity index (χ0v) is 16.3. The molecule has 0 saturated heterocycles. The SMILES string of the molecule is CCOc1ccc(C(=O)[C@@H](C)OC(=O)c2cccc(Oc3ccccc3)c2)cc1. The van der Waals surface area contributed by atoms with Crippen LogP contribution in [0.4, 0.5) is 0 Å². The minimum atomic E-state index is -0.917. The molecule has 0 aromatic heterocycles. The predicted octanol–water partition coefficient (Wildman–Crippen LogP) is 5.31. The molecule has 29 heavy (non-hydrogen) atoms. The molecule has 0 amide bonds. The second kappa shape index (κ2) is 9.55. The summed E-state index contributed by atoms with van der Waals surface area (Å²) < 4.78 is 16.5. The number of hydrogen-bond acceptors (Lipinski definition) is 5. The summed E-state index contributed by atoms with van der Waals surface area (Å²) in [5.74, 6) is 0.991. The average molecular weight is 390 g/mol. The van der Waals surface area contributed by atoms with Gasteiger partial charge in [0.2, 0.25) is 5.78 Å². The third-order valence-corrected chi connectivity index (χ3v) is 4.15. The van der Waals surface area contributed by atoms with Gasteiger partial charge in [-0.1, -0.05) is 24.3 Å². The van der Waals surface area contributed by atoms with E-state index in [4.69, 9.17) is 14.2 Å². The Morgan fingerprint density at radius 3 is 2.17 bits per heavy atom. The number of rotatable bonds is 8. The monoisotopic (exact) mass is 390 g/mol. The van der Waals surface area contributed by atoms with Crippen molar-refractivity contribution in [2.24, 2.45) is 0 Å². The molecule has 0 aliphatic rings. The van der Waals surface area contributed by atoms with Gasteiger partial charge in [-0.2, -0.15) is 0 Å². The van der Waals surface area contributed by atoms with E-state index in [1.807, 2.05) is 37.3 Å². The molecule has 148 valence electrons. The molecule has 3 aromatic rings. The predicted molar refractivity (Wildman–Crippen MR) is 110 cm³/mol. The van der Waals surface area contributed by atoms with E-state index in [9.17, 15) is 9.59 Å². The lowest BCUT2D eigenvalue weighted by Crippen LogP contribution is -2.24. The summed E-state index contributed by atoms with van der Waals surface area (Å²) >= 11 is 0. The third-order valence-electron chi connectivity index (χ3n) is 4.15. The second-order valence-corrected chi connectivity index (χ2v) is 6.31. The maximum atomic E-state index is 12.5. The van der Waals surface area contributed by atoms with Crippen LogP contribution in [-0.2, 0) is 4.74 Å². The van der Waals surface area contributed by atoms with Crippen LogP contribution in [0.5, 0.6) is 17.2 Å². The fourth-order valence-corrected chi connectivity index (χ4v) is 2.71. The van der Waals surface area contributed by atoms with Crippen molar-refractivity contribution in [2.75, 3.05) is 6.61 Å². The molecule has 1 atom stereocenters. The van der Waals surface area contributed by atoms with E-state index < -0.39 is 12.1 Å². The summed E-state index contributed by atoms with van der Waals surface area (Å²) in [6.07, 6.45) is -0.917. The maximum Gasteiger partial charge on any atom is 0.338 e. The van der Waals surface area contributed by atoms with Gasteiger partial charge in [0.05, 0.1) is 12.2 Å². The number of hydrogen-bond donors (Lipinski definition) is 0. The van der Waals surface area contributed by atoms with Gasteiger partial charge < -0.3 is 14.2 Å². The second-order valence-electron chi connectivity index (χ2n) is 6.31. The summed E-state index contributed by atoms with van der Waals surface area (Å²) in [7, 11) is 0. The molecule has 0 saturated carbocycles. The summed E-state index contributed by atoms with van der Waals surface area (Å²) in [6, 6.07) is 22.7. The molecule has 0 unspecified atom stereocenters. The van der Waals surface area contributed by atoms with Crippen LogP contribution in [0.3, 0.4) is 0 Å². The largest absolute Gasteiger partial charge is 0.494 e. The fourth-order valence-electron chi connectivity index (χ4n) is 2.71. The minimum Gasteiger partial charge on any atom is -0.494 e. The summed E-state index contributed by atoms with van der Waals surface area (Å²) in [4.78, 5) is 25.0. The van der Waals surface area contributed by atoms with Crippen molar-refractivity contribution in [3.05, 3.63) is 90.0 Å². The molecule has 0 radical (unpaired) electrons. The fraction of sp³-hybridized carbons (Fsp3) is 0.167. The Bertz CT molecular complexity index is 964. The molecular weight excluding hydrogens is 368 g/mol. The summed E-state index contributed by atoms with van der Waals surface area (Å²) in [5.41, 5.74) is 0.764. The molecule has 0 fully saturated rings. The van der Waals surface area contributed by atoms with Gasteiger partial charge in [-0.15, -0.1) is 0 Å². The molecular formula is C24H22O5. The topological polar surface area (TPSA) is 61.8 Å². The number of ketones is 1. The Labute approximate surface area is 169 Å². The van der Waals surface area contributed by atoms with Crippen molar-refractivity contribution in [1.29, 1.82) is 0 Å². The molecule has 0 bridgehead atoms.